The average Bonchev–Trinajstić information content (AvgIpc) is 2.39. The summed E-state index contributed by atoms with van der Waals surface area (Å²) in [4.78, 5) is 6.12. The van der Waals surface area contributed by atoms with Gasteiger partial charge in [0.05, 0.1) is 18.2 Å². The standard InChI is InChI=1S/C13H18ClFN2O/c1-17(9-12-4-2-3-5-18-12)13-10(7-14)6-11(15)8-16-13/h6,8,12H,2-5,7,9H2,1H3. The monoisotopic (exact) mass is 272 g/mol. The van der Waals surface area contributed by atoms with E-state index >= 15 is 0 Å². The van der Waals surface area contributed by atoms with E-state index in [-0.39, 0.29) is 17.8 Å². The maximum atomic E-state index is 13.1. The molecule has 3 nitrogen and oxygen atoms in total. The first-order valence-corrected chi connectivity index (χ1v) is 6.77. The third kappa shape index (κ3) is 3.33. The molecule has 100 valence electrons. The van der Waals surface area contributed by atoms with Crippen molar-refractivity contribution >= 4 is 17.4 Å². The maximum absolute atomic E-state index is 13.1. The van der Waals surface area contributed by atoms with Gasteiger partial charge >= 0.3 is 0 Å². The molecule has 0 aliphatic carbocycles. The number of likely N-dealkylation sites (N-methyl/N-ethyl adjacent to an activating group) is 1. The van der Waals surface area contributed by atoms with E-state index in [1.807, 2.05) is 11.9 Å². The molecule has 0 radical (unpaired) electrons. The summed E-state index contributed by atoms with van der Waals surface area (Å²) in [5, 5.41) is 0. The summed E-state index contributed by atoms with van der Waals surface area (Å²) in [5.74, 6) is 0.646. The first-order valence-electron chi connectivity index (χ1n) is 6.24. The largest absolute Gasteiger partial charge is 0.376 e. The number of hydrogen-bond donors (Lipinski definition) is 0. The van der Waals surface area contributed by atoms with Crippen LogP contribution in [0.5, 0.6) is 0 Å². The predicted octanol–water partition coefficient (Wildman–Crippen LogP) is 2.96. The zero-order valence-corrected chi connectivity index (χ0v) is 11.3. The predicted molar refractivity (Wildman–Crippen MR) is 70.6 cm³/mol. The zero-order valence-electron chi connectivity index (χ0n) is 10.5. The summed E-state index contributed by atoms with van der Waals surface area (Å²) in [5.41, 5.74) is 0.718. The Morgan fingerprint density at radius 1 is 1.56 bits per heavy atom. The summed E-state index contributed by atoms with van der Waals surface area (Å²) in [6.07, 6.45) is 4.88. The highest BCUT2D eigenvalue weighted by atomic mass is 35.5. The molecule has 2 heterocycles. The van der Waals surface area contributed by atoms with Crippen LogP contribution in [0, 0.1) is 5.82 Å². The van der Waals surface area contributed by atoms with Crippen molar-refractivity contribution in [1.82, 2.24) is 4.98 Å². The number of anilines is 1. The summed E-state index contributed by atoms with van der Waals surface area (Å²) >= 11 is 5.83. The molecule has 0 N–H and O–H groups in total. The highest BCUT2D eigenvalue weighted by Crippen LogP contribution is 2.21. The summed E-state index contributed by atoms with van der Waals surface area (Å²) in [6.45, 7) is 1.60. The summed E-state index contributed by atoms with van der Waals surface area (Å²) < 4.78 is 18.8. The van der Waals surface area contributed by atoms with Gasteiger partial charge in [0, 0.05) is 25.8 Å². The van der Waals surface area contributed by atoms with Crippen LogP contribution in [0.3, 0.4) is 0 Å². The number of pyridine rings is 1. The van der Waals surface area contributed by atoms with Gasteiger partial charge in [-0.15, -0.1) is 11.6 Å². The number of ether oxygens (including phenoxy) is 1. The second-order valence-corrected chi connectivity index (χ2v) is 4.91. The van der Waals surface area contributed by atoms with Gasteiger partial charge in [0.1, 0.15) is 11.6 Å². The lowest BCUT2D eigenvalue weighted by Crippen LogP contribution is -2.34. The van der Waals surface area contributed by atoms with Crippen molar-refractivity contribution in [3.8, 4) is 0 Å². The van der Waals surface area contributed by atoms with E-state index in [1.54, 1.807) is 0 Å². The minimum absolute atomic E-state index is 0.235. The van der Waals surface area contributed by atoms with Gasteiger partial charge in [-0.25, -0.2) is 9.37 Å². The molecular formula is C13H18ClFN2O. The van der Waals surface area contributed by atoms with Crippen LogP contribution in [0.15, 0.2) is 12.3 Å². The molecule has 1 aliphatic rings. The van der Waals surface area contributed by atoms with Crippen LogP contribution in [0.4, 0.5) is 10.2 Å². The first-order chi connectivity index (χ1) is 8.70. The van der Waals surface area contributed by atoms with Crippen LogP contribution in [0.1, 0.15) is 24.8 Å². The maximum Gasteiger partial charge on any atom is 0.141 e. The summed E-state index contributed by atoms with van der Waals surface area (Å²) in [7, 11) is 1.94. The fraction of sp³-hybridized carbons (Fsp3) is 0.615. The van der Waals surface area contributed by atoms with E-state index in [9.17, 15) is 4.39 Å². The number of hydrogen-bond acceptors (Lipinski definition) is 3. The topological polar surface area (TPSA) is 25.4 Å². The molecule has 1 aromatic heterocycles. The smallest absolute Gasteiger partial charge is 0.141 e. The van der Waals surface area contributed by atoms with Crippen molar-refractivity contribution in [2.75, 3.05) is 25.1 Å². The molecule has 1 aliphatic heterocycles. The van der Waals surface area contributed by atoms with Crippen molar-refractivity contribution in [1.29, 1.82) is 0 Å². The van der Waals surface area contributed by atoms with Crippen molar-refractivity contribution in [3.63, 3.8) is 0 Å². The molecule has 0 spiro atoms. The molecule has 0 saturated carbocycles. The Hall–Kier alpha value is -0.870. The molecule has 1 fully saturated rings. The SMILES string of the molecule is CN(CC1CCCCO1)c1ncc(F)cc1CCl. The van der Waals surface area contributed by atoms with E-state index in [0.29, 0.717) is 0 Å². The van der Waals surface area contributed by atoms with Crippen LogP contribution >= 0.6 is 11.6 Å². The fourth-order valence-electron chi connectivity index (χ4n) is 2.26. The van der Waals surface area contributed by atoms with Gasteiger partial charge in [-0.2, -0.15) is 0 Å². The van der Waals surface area contributed by atoms with Crippen LogP contribution in [-0.4, -0.2) is 31.3 Å². The molecule has 18 heavy (non-hydrogen) atoms. The Morgan fingerprint density at radius 3 is 3.06 bits per heavy atom. The minimum atomic E-state index is -0.350. The van der Waals surface area contributed by atoms with Crippen molar-refractivity contribution < 1.29 is 9.13 Å². The van der Waals surface area contributed by atoms with Gasteiger partial charge in [-0.3, -0.25) is 0 Å². The highest BCUT2D eigenvalue weighted by molar-refractivity contribution is 6.17. The van der Waals surface area contributed by atoms with Crippen molar-refractivity contribution in [2.24, 2.45) is 0 Å². The van der Waals surface area contributed by atoms with E-state index in [1.165, 1.54) is 18.7 Å². The molecule has 0 amide bonds. The second-order valence-electron chi connectivity index (χ2n) is 4.64. The molecule has 1 atom stereocenters. The second kappa shape index (κ2) is 6.34. The molecule has 0 bridgehead atoms. The molecular weight excluding hydrogens is 255 g/mol. The van der Waals surface area contributed by atoms with Gasteiger partial charge < -0.3 is 9.64 Å². The van der Waals surface area contributed by atoms with E-state index in [2.05, 4.69) is 4.98 Å². The van der Waals surface area contributed by atoms with Crippen LogP contribution in [0.2, 0.25) is 0 Å². The Morgan fingerprint density at radius 2 is 2.39 bits per heavy atom. The Labute approximate surface area is 112 Å². The van der Waals surface area contributed by atoms with Crippen LogP contribution < -0.4 is 4.90 Å². The molecule has 0 aromatic carbocycles. The lowest BCUT2D eigenvalue weighted by molar-refractivity contribution is 0.0215. The van der Waals surface area contributed by atoms with Crippen LogP contribution in [0.25, 0.3) is 0 Å². The van der Waals surface area contributed by atoms with Gasteiger partial charge in [0.25, 0.3) is 0 Å². The minimum Gasteiger partial charge on any atom is -0.376 e. The van der Waals surface area contributed by atoms with Gasteiger partial charge in [-0.05, 0) is 25.3 Å². The number of aromatic nitrogens is 1. The van der Waals surface area contributed by atoms with E-state index in [0.717, 1.165) is 37.4 Å². The lowest BCUT2D eigenvalue weighted by Gasteiger charge is -2.28. The Kier molecular flexibility index (Phi) is 4.78. The third-order valence-electron chi connectivity index (χ3n) is 3.17. The van der Waals surface area contributed by atoms with Crippen molar-refractivity contribution in [2.45, 2.75) is 31.2 Å². The first kappa shape index (κ1) is 13.6. The quantitative estimate of drug-likeness (QED) is 0.788. The van der Waals surface area contributed by atoms with Gasteiger partial charge in [0.15, 0.2) is 0 Å². The number of halogens is 2. The van der Waals surface area contributed by atoms with E-state index < -0.39 is 0 Å². The normalized spacial score (nSPS) is 19.8. The summed E-state index contributed by atoms with van der Waals surface area (Å²) in [6, 6.07) is 1.44. The van der Waals surface area contributed by atoms with Gasteiger partial charge in [0.2, 0.25) is 0 Å². The van der Waals surface area contributed by atoms with E-state index in [4.69, 9.17) is 16.3 Å². The molecule has 1 saturated heterocycles. The fourth-order valence-corrected chi connectivity index (χ4v) is 2.46. The Bertz CT molecular complexity index is 397. The Balaban J connectivity index is 2.05. The average molecular weight is 273 g/mol. The van der Waals surface area contributed by atoms with Crippen LogP contribution in [-0.2, 0) is 10.6 Å². The molecule has 5 heteroatoms. The van der Waals surface area contributed by atoms with Crippen molar-refractivity contribution in [3.05, 3.63) is 23.6 Å². The molecule has 1 unspecified atom stereocenters. The van der Waals surface area contributed by atoms with Gasteiger partial charge in [-0.1, -0.05) is 0 Å². The number of nitrogens with zero attached hydrogens (tertiary/aromatic N) is 2. The molecule has 2 rings (SSSR count). The number of rotatable bonds is 4. The molecule has 1 aromatic rings. The zero-order chi connectivity index (χ0) is 13.0. The highest BCUT2D eigenvalue weighted by Gasteiger charge is 2.18. The lowest BCUT2D eigenvalue weighted by atomic mass is 10.1. The third-order valence-corrected chi connectivity index (χ3v) is 3.45. The number of alkyl halides is 1.